The molecule has 0 radical (unpaired) electrons. The van der Waals surface area contributed by atoms with E-state index in [1.54, 1.807) is 24.3 Å². The molecule has 302 valence electrons. The van der Waals surface area contributed by atoms with Crippen LogP contribution in [0.25, 0.3) is 0 Å². The minimum absolute atomic E-state index is 0.103. The number of nitrogens with zero attached hydrogens (tertiary/aromatic N) is 5. The van der Waals surface area contributed by atoms with Crippen molar-refractivity contribution in [3.05, 3.63) is 149 Å². The smallest absolute Gasteiger partial charge is 0.269 e. The number of benzene rings is 5. The lowest BCUT2D eigenvalue weighted by Crippen LogP contribution is -2.30. The first kappa shape index (κ1) is 42.8. The van der Waals surface area contributed by atoms with E-state index >= 15 is 0 Å². The summed E-state index contributed by atoms with van der Waals surface area (Å²) in [4.78, 5) is 78.4. The van der Waals surface area contributed by atoms with Gasteiger partial charge in [0.05, 0.1) is 30.8 Å². The van der Waals surface area contributed by atoms with Crippen LogP contribution in [-0.2, 0) is 0 Å². The minimum atomic E-state index is -0.536. The predicted molar refractivity (Wildman–Crippen MR) is 224 cm³/mol. The summed E-state index contributed by atoms with van der Waals surface area (Å²) in [5.41, 5.74) is -0.395. The highest BCUT2D eigenvalue weighted by Gasteiger charge is 2.43. The SMILES string of the molecule is CCCCCCCCN1C(=O)c2c(Sc3ccc([N+](=O)[O-])cc3)c(Sc3ccc([N+](=O)[O-])cc3)c(Sc3ccc([N+](=O)[O-])cc3)c(Sc3ccc([N+](=O)[O-])cc3)c2C1=O. The summed E-state index contributed by atoms with van der Waals surface area (Å²) >= 11 is 4.61. The Morgan fingerprint density at radius 3 is 0.983 bits per heavy atom. The Hall–Kier alpha value is -5.76. The van der Waals surface area contributed by atoms with Gasteiger partial charge in [0, 0.05) is 94.2 Å². The van der Waals surface area contributed by atoms with Crippen molar-refractivity contribution in [1.82, 2.24) is 4.90 Å². The molecule has 5 aromatic rings. The van der Waals surface area contributed by atoms with Gasteiger partial charge >= 0.3 is 0 Å². The third-order valence-electron chi connectivity index (χ3n) is 9.05. The number of amides is 2. The number of nitro benzene ring substituents is 4. The number of hydrogen-bond acceptors (Lipinski definition) is 14. The normalized spacial score (nSPS) is 12.1. The molecule has 0 aromatic heterocycles. The molecule has 1 aliphatic rings. The monoisotopic (exact) mass is 871 g/mol. The van der Waals surface area contributed by atoms with Gasteiger partial charge in [-0.15, -0.1) is 0 Å². The standard InChI is InChI=1S/C40H33N5O10S4/c1-2-3-4-5-6-7-24-41-39(46)33-34(40(41)47)36(57-30-18-10-26(11-19-30)43(50)51)38(59-32-22-14-28(15-23-32)45(54)55)37(58-31-20-12-27(13-21-31)44(52)53)35(33)56-29-16-8-25(9-17-29)42(48)49/h8-23H,2-7,24H2,1H3. The van der Waals surface area contributed by atoms with Gasteiger partial charge in [-0.05, 0) is 55.0 Å². The lowest BCUT2D eigenvalue weighted by molar-refractivity contribution is -0.385. The van der Waals surface area contributed by atoms with Crippen LogP contribution < -0.4 is 0 Å². The fraction of sp³-hybridized carbons (Fsp3) is 0.200. The largest absolute Gasteiger partial charge is 0.274 e. The van der Waals surface area contributed by atoms with Crippen molar-refractivity contribution in [2.75, 3.05) is 6.54 Å². The van der Waals surface area contributed by atoms with Crippen LogP contribution in [0.5, 0.6) is 0 Å². The van der Waals surface area contributed by atoms with Crippen molar-refractivity contribution in [2.24, 2.45) is 0 Å². The molecule has 1 aliphatic heterocycles. The molecule has 2 amide bonds. The Balaban J connectivity index is 1.60. The van der Waals surface area contributed by atoms with E-state index in [-0.39, 0.29) is 40.4 Å². The van der Waals surface area contributed by atoms with Gasteiger partial charge in [0.2, 0.25) is 0 Å². The third-order valence-corrected chi connectivity index (χ3v) is 13.9. The molecular formula is C40H33N5O10S4. The summed E-state index contributed by atoms with van der Waals surface area (Å²) < 4.78 is 0. The molecule has 0 aliphatic carbocycles. The highest BCUT2D eigenvalue weighted by atomic mass is 32.2. The summed E-state index contributed by atoms with van der Waals surface area (Å²) in [6.07, 6.45) is 5.46. The van der Waals surface area contributed by atoms with Crippen LogP contribution in [0.15, 0.2) is 136 Å². The van der Waals surface area contributed by atoms with Crippen LogP contribution in [0.4, 0.5) is 22.7 Å². The molecule has 0 spiro atoms. The van der Waals surface area contributed by atoms with E-state index in [2.05, 4.69) is 6.92 Å². The number of nitro groups is 4. The van der Waals surface area contributed by atoms with Gasteiger partial charge in [0.15, 0.2) is 0 Å². The number of non-ortho nitro benzene ring substituents is 4. The molecule has 0 N–H and O–H groups in total. The maximum absolute atomic E-state index is 14.7. The second kappa shape index (κ2) is 19.3. The maximum Gasteiger partial charge on any atom is 0.269 e. The quantitative estimate of drug-likeness (QED) is 0.0327. The fourth-order valence-electron chi connectivity index (χ4n) is 6.08. The molecule has 1 heterocycles. The molecule has 0 atom stereocenters. The van der Waals surface area contributed by atoms with Crippen molar-refractivity contribution in [3.8, 4) is 0 Å². The Labute approximate surface area is 353 Å². The van der Waals surface area contributed by atoms with Gasteiger partial charge in [0.25, 0.3) is 34.6 Å². The van der Waals surface area contributed by atoms with E-state index in [1.165, 1.54) is 101 Å². The van der Waals surface area contributed by atoms with E-state index in [9.17, 15) is 50.0 Å². The summed E-state index contributed by atoms with van der Waals surface area (Å²) in [7, 11) is 0. The zero-order chi connectivity index (χ0) is 42.2. The number of unbranched alkanes of at least 4 members (excludes halogenated alkanes) is 5. The summed E-state index contributed by atoms with van der Waals surface area (Å²) in [6, 6.07) is 23.0. The van der Waals surface area contributed by atoms with E-state index in [1.807, 2.05) is 0 Å². The van der Waals surface area contributed by atoms with Crippen molar-refractivity contribution in [2.45, 2.75) is 84.6 Å². The molecule has 15 nitrogen and oxygen atoms in total. The zero-order valence-corrected chi connectivity index (χ0v) is 34.4. The lowest BCUT2D eigenvalue weighted by Gasteiger charge is -2.21. The van der Waals surface area contributed by atoms with E-state index in [0.717, 1.165) is 55.6 Å². The Kier molecular flexibility index (Phi) is 14.0. The summed E-state index contributed by atoms with van der Waals surface area (Å²) in [5.74, 6) is -1.07. The van der Waals surface area contributed by atoms with Crippen LogP contribution in [-0.4, -0.2) is 43.0 Å². The summed E-state index contributed by atoms with van der Waals surface area (Å²) in [5, 5.41) is 46.2. The maximum atomic E-state index is 14.7. The van der Waals surface area contributed by atoms with Crippen LogP contribution in [0.3, 0.4) is 0 Å². The van der Waals surface area contributed by atoms with Crippen LogP contribution >= 0.6 is 47.0 Å². The Morgan fingerprint density at radius 1 is 0.424 bits per heavy atom. The Bertz CT molecular complexity index is 2270. The number of imide groups is 1. The molecule has 19 heteroatoms. The van der Waals surface area contributed by atoms with Crippen LogP contribution in [0.1, 0.15) is 66.2 Å². The van der Waals surface area contributed by atoms with Gasteiger partial charge in [-0.2, -0.15) is 0 Å². The van der Waals surface area contributed by atoms with E-state index in [0.29, 0.717) is 45.6 Å². The van der Waals surface area contributed by atoms with Gasteiger partial charge in [-0.3, -0.25) is 54.9 Å². The zero-order valence-electron chi connectivity index (χ0n) is 31.1. The first-order valence-corrected chi connectivity index (χ1v) is 21.4. The third kappa shape index (κ3) is 10.1. The van der Waals surface area contributed by atoms with Crippen LogP contribution in [0.2, 0.25) is 0 Å². The lowest BCUT2D eigenvalue weighted by atomic mass is 10.1. The molecule has 0 unspecified atom stereocenters. The number of fused-ring (bicyclic) bond motifs is 1. The Morgan fingerprint density at radius 2 is 0.695 bits per heavy atom. The fourth-order valence-corrected chi connectivity index (χ4v) is 10.7. The highest BCUT2D eigenvalue weighted by Crippen LogP contribution is 2.55. The van der Waals surface area contributed by atoms with Gasteiger partial charge in [-0.1, -0.05) is 86.1 Å². The molecule has 0 saturated carbocycles. The van der Waals surface area contributed by atoms with E-state index < -0.39 is 31.5 Å². The molecule has 5 aromatic carbocycles. The van der Waals surface area contributed by atoms with E-state index in [4.69, 9.17) is 0 Å². The second-order valence-electron chi connectivity index (χ2n) is 13.0. The summed E-state index contributed by atoms with van der Waals surface area (Å²) in [6.45, 7) is 2.26. The van der Waals surface area contributed by atoms with Crippen LogP contribution in [0, 0.1) is 40.5 Å². The molecule has 0 bridgehead atoms. The van der Waals surface area contributed by atoms with Gasteiger partial charge in [0.1, 0.15) is 0 Å². The molecule has 0 fully saturated rings. The molecule has 6 rings (SSSR count). The predicted octanol–water partition coefficient (Wildman–Crippen LogP) is 11.9. The number of hydrogen-bond donors (Lipinski definition) is 0. The molecule has 59 heavy (non-hydrogen) atoms. The van der Waals surface area contributed by atoms with Crippen molar-refractivity contribution < 1.29 is 29.3 Å². The molecule has 0 saturated heterocycles. The van der Waals surface area contributed by atoms with Crippen molar-refractivity contribution in [3.63, 3.8) is 0 Å². The van der Waals surface area contributed by atoms with Gasteiger partial charge in [-0.25, -0.2) is 0 Å². The van der Waals surface area contributed by atoms with Crippen molar-refractivity contribution in [1.29, 1.82) is 0 Å². The van der Waals surface area contributed by atoms with Gasteiger partial charge < -0.3 is 0 Å². The number of carbonyl (C=O) groups excluding carboxylic acids is 2. The van der Waals surface area contributed by atoms with Crippen molar-refractivity contribution >= 4 is 81.6 Å². The minimum Gasteiger partial charge on any atom is -0.274 e. The highest BCUT2D eigenvalue weighted by molar-refractivity contribution is 8.05. The first-order chi connectivity index (χ1) is 28.4. The first-order valence-electron chi connectivity index (χ1n) is 18.2. The second-order valence-corrected chi connectivity index (χ2v) is 17.3. The average molecular weight is 872 g/mol. The molecular weight excluding hydrogens is 839 g/mol. The average Bonchev–Trinajstić information content (AvgIpc) is 3.47. The number of rotatable bonds is 19. The topological polar surface area (TPSA) is 210 Å². The number of carbonyl (C=O) groups is 2.